The Kier molecular flexibility index (Phi) is 3.25. The van der Waals surface area contributed by atoms with Gasteiger partial charge in [0.05, 0.1) is 23.4 Å². The highest BCUT2D eigenvalue weighted by atomic mass is 19.2. The van der Waals surface area contributed by atoms with Gasteiger partial charge in [-0.25, -0.2) is 13.8 Å². The van der Waals surface area contributed by atoms with Gasteiger partial charge in [0, 0.05) is 17.7 Å². The van der Waals surface area contributed by atoms with Gasteiger partial charge in [0.2, 0.25) is 0 Å². The molecule has 0 radical (unpaired) electrons. The van der Waals surface area contributed by atoms with Crippen molar-refractivity contribution in [3.05, 3.63) is 66.0 Å². The summed E-state index contributed by atoms with van der Waals surface area (Å²) in [5.41, 5.74) is 1.28. The van der Waals surface area contributed by atoms with E-state index >= 15 is 0 Å². The molecule has 1 atom stereocenters. The highest BCUT2D eigenvalue weighted by molar-refractivity contribution is 5.99. The fourth-order valence-corrected chi connectivity index (χ4v) is 2.30. The molecule has 0 saturated carbocycles. The molecule has 3 nitrogen and oxygen atoms in total. The van der Waals surface area contributed by atoms with Gasteiger partial charge >= 0.3 is 0 Å². The van der Waals surface area contributed by atoms with Gasteiger partial charge in [-0.05, 0) is 6.92 Å². The Bertz CT molecular complexity index is 812. The molecular formula is C16H12F2N2O. The van der Waals surface area contributed by atoms with E-state index in [1.165, 1.54) is 6.33 Å². The van der Waals surface area contributed by atoms with Gasteiger partial charge < -0.3 is 4.57 Å². The lowest BCUT2D eigenvalue weighted by atomic mass is 10.1. The lowest BCUT2D eigenvalue weighted by molar-refractivity contribution is 0.0937. The molecule has 5 heteroatoms. The van der Waals surface area contributed by atoms with Crippen molar-refractivity contribution in [3.63, 3.8) is 0 Å². The molecule has 2 aromatic carbocycles. The highest BCUT2D eigenvalue weighted by Crippen LogP contribution is 2.23. The first-order chi connectivity index (χ1) is 10.1. The normalized spacial score (nSPS) is 12.5. The van der Waals surface area contributed by atoms with Crippen molar-refractivity contribution in [1.29, 1.82) is 0 Å². The SMILES string of the molecule is CC(C(=O)c1ccccc1)n1cnc2cc(F)c(F)cc21. The maximum atomic E-state index is 13.4. The standard InChI is InChI=1S/C16H12F2N2O/c1-10(16(21)11-5-3-2-4-6-11)20-9-19-14-7-12(17)13(18)8-15(14)20/h2-10H,1H3. The van der Waals surface area contributed by atoms with Gasteiger partial charge in [0.15, 0.2) is 17.4 Å². The van der Waals surface area contributed by atoms with Gasteiger partial charge in [-0.1, -0.05) is 30.3 Å². The first kappa shape index (κ1) is 13.4. The smallest absolute Gasteiger partial charge is 0.185 e. The van der Waals surface area contributed by atoms with Crippen LogP contribution in [-0.4, -0.2) is 15.3 Å². The van der Waals surface area contributed by atoms with Crippen molar-refractivity contribution in [2.24, 2.45) is 0 Å². The van der Waals surface area contributed by atoms with Crippen LogP contribution in [0.25, 0.3) is 11.0 Å². The highest BCUT2D eigenvalue weighted by Gasteiger charge is 2.19. The molecule has 3 rings (SSSR count). The zero-order chi connectivity index (χ0) is 15.0. The van der Waals surface area contributed by atoms with E-state index in [-0.39, 0.29) is 5.78 Å². The second-order valence-corrected chi connectivity index (χ2v) is 4.81. The molecular weight excluding hydrogens is 274 g/mol. The Balaban J connectivity index is 2.04. The molecule has 1 unspecified atom stereocenters. The van der Waals surface area contributed by atoms with Crippen LogP contribution in [0.4, 0.5) is 8.78 Å². The maximum Gasteiger partial charge on any atom is 0.185 e. The third-order valence-electron chi connectivity index (χ3n) is 3.47. The number of halogens is 2. The fraction of sp³-hybridized carbons (Fsp3) is 0.125. The molecule has 0 N–H and O–H groups in total. The fourth-order valence-electron chi connectivity index (χ4n) is 2.30. The average Bonchev–Trinajstić information content (AvgIpc) is 2.90. The van der Waals surface area contributed by atoms with Crippen molar-refractivity contribution >= 4 is 16.8 Å². The summed E-state index contributed by atoms with van der Waals surface area (Å²) in [7, 11) is 0. The minimum atomic E-state index is -0.955. The number of aromatic nitrogens is 2. The third-order valence-corrected chi connectivity index (χ3v) is 3.47. The van der Waals surface area contributed by atoms with Gasteiger partial charge in [-0.2, -0.15) is 0 Å². The van der Waals surface area contributed by atoms with Crippen LogP contribution in [0.1, 0.15) is 23.3 Å². The first-order valence-corrected chi connectivity index (χ1v) is 6.49. The number of nitrogens with zero attached hydrogens (tertiary/aromatic N) is 2. The summed E-state index contributed by atoms with van der Waals surface area (Å²) < 4.78 is 28.1. The van der Waals surface area contributed by atoms with E-state index in [0.717, 1.165) is 12.1 Å². The number of benzene rings is 2. The van der Waals surface area contributed by atoms with E-state index in [1.807, 2.05) is 6.07 Å². The Morgan fingerprint density at radius 2 is 1.81 bits per heavy atom. The zero-order valence-corrected chi connectivity index (χ0v) is 11.3. The van der Waals surface area contributed by atoms with Crippen molar-refractivity contribution in [2.45, 2.75) is 13.0 Å². The molecule has 21 heavy (non-hydrogen) atoms. The van der Waals surface area contributed by atoms with E-state index < -0.39 is 17.7 Å². The summed E-state index contributed by atoms with van der Waals surface area (Å²) in [6.07, 6.45) is 1.43. The maximum absolute atomic E-state index is 13.4. The summed E-state index contributed by atoms with van der Waals surface area (Å²) in [5.74, 6) is -2.02. The van der Waals surface area contributed by atoms with Crippen molar-refractivity contribution in [1.82, 2.24) is 9.55 Å². The van der Waals surface area contributed by atoms with E-state index in [4.69, 9.17) is 0 Å². The zero-order valence-electron chi connectivity index (χ0n) is 11.3. The van der Waals surface area contributed by atoms with Crippen LogP contribution in [0, 0.1) is 11.6 Å². The van der Waals surface area contributed by atoms with Crippen molar-refractivity contribution < 1.29 is 13.6 Å². The van der Waals surface area contributed by atoms with E-state index in [1.54, 1.807) is 35.8 Å². The van der Waals surface area contributed by atoms with E-state index in [0.29, 0.717) is 16.6 Å². The molecule has 0 fully saturated rings. The Hall–Kier alpha value is -2.56. The topological polar surface area (TPSA) is 34.9 Å². The van der Waals surface area contributed by atoms with E-state index in [2.05, 4.69) is 4.98 Å². The lowest BCUT2D eigenvalue weighted by Crippen LogP contribution is -2.16. The summed E-state index contributed by atoms with van der Waals surface area (Å²) in [6.45, 7) is 1.71. The molecule has 0 aliphatic carbocycles. The monoisotopic (exact) mass is 286 g/mol. The molecule has 1 heterocycles. The number of hydrogen-bond donors (Lipinski definition) is 0. The number of imidazole rings is 1. The number of hydrogen-bond acceptors (Lipinski definition) is 2. The summed E-state index contributed by atoms with van der Waals surface area (Å²) in [4.78, 5) is 16.4. The average molecular weight is 286 g/mol. The molecule has 3 aromatic rings. The second kappa shape index (κ2) is 5.09. The van der Waals surface area contributed by atoms with Crippen molar-refractivity contribution in [3.8, 4) is 0 Å². The Morgan fingerprint density at radius 1 is 1.14 bits per heavy atom. The second-order valence-electron chi connectivity index (χ2n) is 4.81. The lowest BCUT2D eigenvalue weighted by Gasteiger charge is -2.13. The number of carbonyl (C=O) groups is 1. The summed E-state index contributed by atoms with van der Waals surface area (Å²) in [5, 5.41) is 0. The van der Waals surface area contributed by atoms with Crippen LogP contribution in [0.15, 0.2) is 48.8 Å². The van der Waals surface area contributed by atoms with Gasteiger partial charge in [-0.3, -0.25) is 4.79 Å². The first-order valence-electron chi connectivity index (χ1n) is 6.49. The molecule has 0 saturated heterocycles. The van der Waals surface area contributed by atoms with Crippen LogP contribution >= 0.6 is 0 Å². The van der Waals surface area contributed by atoms with Crippen molar-refractivity contribution in [2.75, 3.05) is 0 Å². The minimum absolute atomic E-state index is 0.111. The minimum Gasteiger partial charge on any atom is -0.320 e. The molecule has 1 aromatic heterocycles. The number of fused-ring (bicyclic) bond motifs is 1. The number of carbonyl (C=O) groups excluding carboxylic acids is 1. The van der Waals surface area contributed by atoms with Crippen LogP contribution in [0.3, 0.4) is 0 Å². The molecule has 106 valence electrons. The quantitative estimate of drug-likeness (QED) is 0.687. The third kappa shape index (κ3) is 2.31. The molecule has 0 bridgehead atoms. The summed E-state index contributed by atoms with van der Waals surface area (Å²) >= 11 is 0. The Morgan fingerprint density at radius 3 is 2.52 bits per heavy atom. The number of ketones is 1. The molecule has 0 spiro atoms. The predicted octanol–water partition coefficient (Wildman–Crippen LogP) is 3.76. The van der Waals surface area contributed by atoms with Gasteiger partial charge in [0.1, 0.15) is 0 Å². The van der Waals surface area contributed by atoms with E-state index in [9.17, 15) is 13.6 Å². The van der Waals surface area contributed by atoms with Gasteiger partial charge in [0.25, 0.3) is 0 Å². The number of rotatable bonds is 3. The predicted molar refractivity (Wildman–Crippen MR) is 75.1 cm³/mol. The van der Waals surface area contributed by atoms with Crippen LogP contribution in [-0.2, 0) is 0 Å². The summed E-state index contributed by atoms with van der Waals surface area (Å²) in [6, 6.07) is 10.4. The number of Topliss-reactive ketones (excluding diaryl/α,β-unsaturated/α-hetero) is 1. The molecule has 0 amide bonds. The van der Waals surface area contributed by atoms with Crippen LogP contribution < -0.4 is 0 Å². The Labute approximate surface area is 119 Å². The molecule has 0 aliphatic rings. The van der Waals surface area contributed by atoms with Crippen LogP contribution in [0.5, 0.6) is 0 Å². The molecule has 0 aliphatic heterocycles. The van der Waals surface area contributed by atoms with Gasteiger partial charge in [-0.15, -0.1) is 0 Å². The van der Waals surface area contributed by atoms with Crippen LogP contribution in [0.2, 0.25) is 0 Å². The largest absolute Gasteiger partial charge is 0.320 e.